The van der Waals surface area contributed by atoms with Crippen molar-refractivity contribution in [2.75, 3.05) is 6.61 Å². The van der Waals surface area contributed by atoms with Gasteiger partial charge >= 0.3 is 5.97 Å². The second-order valence-electron chi connectivity index (χ2n) is 4.89. The van der Waals surface area contributed by atoms with E-state index >= 15 is 0 Å². The summed E-state index contributed by atoms with van der Waals surface area (Å²) in [6.07, 6.45) is 3.43. The Balaban J connectivity index is 1.99. The molecule has 0 aliphatic heterocycles. The van der Waals surface area contributed by atoms with E-state index in [0.29, 0.717) is 23.7 Å². The van der Waals surface area contributed by atoms with Crippen molar-refractivity contribution in [2.45, 2.75) is 13.3 Å². The van der Waals surface area contributed by atoms with Gasteiger partial charge in [-0.15, -0.1) is 0 Å². The summed E-state index contributed by atoms with van der Waals surface area (Å²) in [4.78, 5) is 22.2. The second-order valence-corrected chi connectivity index (χ2v) is 4.89. The van der Waals surface area contributed by atoms with Gasteiger partial charge in [0, 0.05) is 12.1 Å². The predicted octanol–water partition coefficient (Wildman–Crippen LogP) is 4.00. The zero-order valence-electron chi connectivity index (χ0n) is 13.2. The third-order valence-electron chi connectivity index (χ3n) is 3.05. The Morgan fingerprint density at radius 1 is 1.12 bits per heavy atom. The highest BCUT2D eigenvalue weighted by atomic mass is 16.6. The zero-order chi connectivity index (χ0) is 17.4. The van der Waals surface area contributed by atoms with Gasteiger partial charge in [-0.3, -0.25) is 10.1 Å². The Bertz CT molecular complexity index is 737. The Labute approximate surface area is 139 Å². The topological polar surface area (TPSA) is 78.7 Å². The Hall–Kier alpha value is -3.15. The molecule has 0 atom stereocenters. The number of para-hydroxylation sites is 1. The van der Waals surface area contributed by atoms with Crippen molar-refractivity contribution in [3.8, 4) is 11.5 Å². The molecule has 0 spiro atoms. The van der Waals surface area contributed by atoms with E-state index in [2.05, 4.69) is 0 Å². The first-order chi connectivity index (χ1) is 11.6. The monoisotopic (exact) mass is 327 g/mol. The van der Waals surface area contributed by atoms with E-state index in [9.17, 15) is 14.9 Å². The minimum Gasteiger partial charge on any atom is -0.494 e. The van der Waals surface area contributed by atoms with Crippen LogP contribution >= 0.6 is 0 Å². The number of ether oxygens (including phenoxy) is 2. The highest BCUT2D eigenvalue weighted by Gasteiger charge is 2.10. The fourth-order valence-corrected chi connectivity index (χ4v) is 1.93. The fraction of sp³-hybridized carbons (Fsp3) is 0.167. The average molecular weight is 327 g/mol. The first-order valence-corrected chi connectivity index (χ1v) is 7.46. The van der Waals surface area contributed by atoms with Crippen LogP contribution < -0.4 is 9.47 Å². The Kier molecular flexibility index (Phi) is 6.08. The minimum absolute atomic E-state index is 0.0704. The molecule has 0 heterocycles. The van der Waals surface area contributed by atoms with Crippen LogP contribution in [0.1, 0.15) is 18.9 Å². The van der Waals surface area contributed by atoms with Gasteiger partial charge in [-0.05, 0) is 42.8 Å². The van der Waals surface area contributed by atoms with E-state index in [1.165, 1.54) is 12.1 Å². The van der Waals surface area contributed by atoms with Crippen LogP contribution in [-0.2, 0) is 4.79 Å². The number of carbonyl (C=O) groups excluding carboxylic acids is 1. The van der Waals surface area contributed by atoms with Crippen LogP contribution in [0.4, 0.5) is 5.69 Å². The number of nitro groups is 1. The minimum atomic E-state index is -0.615. The van der Waals surface area contributed by atoms with Gasteiger partial charge in [-0.25, -0.2) is 4.79 Å². The van der Waals surface area contributed by atoms with Gasteiger partial charge in [0.15, 0.2) is 0 Å². The lowest BCUT2D eigenvalue weighted by atomic mass is 10.1. The predicted molar refractivity (Wildman–Crippen MR) is 90.0 cm³/mol. The molecule has 0 saturated carbocycles. The quantitative estimate of drug-likeness (QED) is 0.252. The SMILES string of the molecule is CCCOc1ccc(OC(=O)/C=C/c2ccccc2[N+](=O)[O-])cc1. The normalized spacial score (nSPS) is 10.5. The van der Waals surface area contributed by atoms with Crippen molar-refractivity contribution in [1.82, 2.24) is 0 Å². The van der Waals surface area contributed by atoms with E-state index in [0.717, 1.165) is 12.5 Å². The highest BCUT2D eigenvalue weighted by Crippen LogP contribution is 2.20. The zero-order valence-corrected chi connectivity index (χ0v) is 13.2. The summed E-state index contributed by atoms with van der Waals surface area (Å²) in [5, 5.41) is 10.9. The number of benzene rings is 2. The number of carbonyl (C=O) groups is 1. The van der Waals surface area contributed by atoms with Gasteiger partial charge in [-0.2, -0.15) is 0 Å². The lowest BCUT2D eigenvalue weighted by molar-refractivity contribution is -0.385. The van der Waals surface area contributed by atoms with Crippen molar-refractivity contribution in [2.24, 2.45) is 0 Å². The summed E-state index contributed by atoms with van der Waals surface area (Å²) in [7, 11) is 0. The van der Waals surface area contributed by atoms with Crippen molar-refractivity contribution in [1.29, 1.82) is 0 Å². The summed E-state index contributed by atoms with van der Waals surface area (Å²) in [5.74, 6) is 0.457. The summed E-state index contributed by atoms with van der Waals surface area (Å²) in [6.45, 7) is 2.64. The van der Waals surface area contributed by atoms with E-state index in [-0.39, 0.29) is 5.69 Å². The van der Waals surface area contributed by atoms with Crippen LogP contribution in [0.2, 0.25) is 0 Å². The number of nitrogens with zero attached hydrogens (tertiary/aromatic N) is 1. The summed E-state index contributed by atoms with van der Waals surface area (Å²) < 4.78 is 10.6. The lowest BCUT2D eigenvalue weighted by Crippen LogP contribution is -2.04. The van der Waals surface area contributed by atoms with E-state index in [1.54, 1.807) is 42.5 Å². The van der Waals surface area contributed by atoms with Gasteiger partial charge < -0.3 is 9.47 Å². The highest BCUT2D eigenvalue weighted by molar-refractivity contribution is 5.89. The van der Waals surface area contributed by atoms with Gasteiger partial charge in [0.1, 0.15) is 11.5 Å². The van der Waals surface area contributed by atoms with E-state index in [4.69, 9.17) is 9.47 Å². The van der Waals surface area contributed by atoms with Crippen LogP contribution in [0.25, 0.3) is 6.08 Å². The molecule has 0 bridgehead atoms. The number of esters is 1. The second kappa shape index (κ2) is 8.47. The van der Waals surface area contributed by atoms with Crippen LogP contribution in [0.15, 0.2) is 54.6 Å². The molecule has 0 aromatic heterocycles. The van der Waals surface area contributed by atoms with Crippen molar-refractivity contribution in [3.63, 3.8) is 0 Å². The average Bonchev–Trinajstić information content (AvgIpc) is 2.59. The standard InChI is InChI=1S/C18H17NO5/c1-2-13-23-15-8-10-16(11-9-15)24-18(20)12-7-14-5-3-4-6-17(14)19(21)22/h3-12H,2,13H2,1H3/b12-7+. The maximum absolute atomic E-state index is 11.8. The Morgan fingerprint density at radius 3 is 2.46 bits per heavy atom. The van der Waals surface area contributed by atoms with Gasteiger partial charge in [0.25, 0.3) is 5.69 Å². The first kappa shape index (κ1) is 17.2. The summed E-state index contributed by atoms with van der Waals surface area (Å²) >= 11 is 0. The summed E-state index contributed by atoms with van der Waals surface area (Å²) in [6, 6.07) is 12.8. The molecule has 2 aromatic carbocycles. The molecule has 0 N–H and O–H groups in total. The molecule has 0 fully saturated rings. The number of rotatable bonds is 7. The molecule has 0 unspecified atom stereocenters. The molecule has 2 aromatic rings. The maximum atomic E-state index is 11.8. The molecule has 0 saturated heterocycles. The smallest absolute Gasteiger partial charge is 0.336 e. The van der Waals surface area contributed by atoms with E-state index in [1.807, 2.05) is 6.92 Å². The number of hydrogen-bond acceptors (Lipinski definition) is 5. The van der Waals surface area contributed by atoms with Crippen LogP contribution in [-0.4, -0.2) is 17.5 Å². The Morgan fingerprint density at radius 2 is 1.79 bits per heavy atom. The fourth-order valence-electron chi connectivity index (χ4n) is 1.93. The molecule has 0 aliphatic rings. The molecule has 2 rings (SSSR count). The largest absolute Gasteiger partial charge is 0.494 e. The molecular formula is C18H17NO5. The molecule has 0 radical (unpaired) electrons. The third kappa shape index (κ3) is 4.95. The van der Waals surface area contributed by atoms with Gasteiger partial charge in [0.2, 0.25) is 0 Å². The molecule has 24 heavy (non-hydrogen) atoms. The van der Waals surface area contributed by atoms with Crippen LogP contribution in [0, 0.1) is 10.1 Å². The van der Waals surface area contributed by atoms with Crippen molar-refractivity contribution >= 4 is 17.7 Å². The molecule has 124 valence electrons. The molecule has 0 aliphatic carbocycles. The lowest BCUT2D eigenvalue weighted by Gasteiger charge is -2.05. The number of hydrogen-bond donors (Lipinski definition) is 0. The maximum Gasteiger partial charge on any atom is 0.336 e. The van der Waals surface area contributed by atoms with Crippen molar-refractivity contribution < 1.29 is 19.2 Å². The third-order valence-corrected chi connectivity index (χ3v) is 3.05. The number of nitro benzene ring substituents is 1. The van der Waals surface area contributed by atoms with Crippen LogP contribution in [0.3, 0.4) is 0 Å². The van der Waals surface area contributed by atoms with E-state index < -0.39 is 10.9 Å². The van der Waals surface area contributed by atoms with Gasteiger partial charge in [0.05, 0.1) is 17.1 Å². The summed E-state index contributed by atoms with van der Waals surface area (Å²) in [5.41, 5.74) is 0.265. The van der Waals surface area contributed by atoms with Gasteiger partial charge in [-0.1, -0.05) is 19.1 Å². The molecule has 6 nitrogen and oxygen atoms in total. The first-order valence-electron chi connectivity index (χ1n) is 7.46. The molecule has 6 heteroatoms. The molecule has 0 amide bonds. The van der Waals surface area contributed by atoms with Crippen molar-refractivity contribution in [3.05, 3.63) is 70.3 Å². The molecular weight excluding hydrogens is 310 g/mol. The van der Waals surface area contributed by atoms with Crippen LogP contribution in [0.5, 0.6) is 11.5 Å².